The molecule has 2 aromatic rings. The van der Waals surface area contributed by atoms with Gasteiger partial charge in [0.1, 0.15) is 11.6 Å². The van der Waals surface area contributed by atoms with E-state index in [1.165, 1.54) is 6.07 Å². The average molecular weight is 261 g/mol. The maximum Gasteiger partial charge on any atom is 0.128 e. The molecule has 0 bridgehead atoms. The van der Waals surface area contributed by atoms with Crippen LogP contribution in [-0.4, -0.2) is 0 Å². The molecule has 0 saturated heterocycles. The molecule has 19 heavy (non-hydrogen) atoms. The van der Waals surface area contributed by atoms with Crippen LogP contribution < -0.4 is 5.32 Å². The Morgan fingerprint density at radius 1 is 0.947 bits per heavy atom. The van der Waals surface area contributed by atoms with Crippen molar-refractivity contribution < 1.29 is 8.78 Å². The molecule has 1 N–H and O–H groups in total. The predicted octanol–water partition coefficient (Wildman–Crippen LogP) is 4.75. The second-order valence-electron chi connectivity index (χ2n) is 4.91. The molecule has 0 aliphatic carbocycles. The number of halogens is 2. The molecule has 0 aliphatic heterocycles. The largest absolute Gasteiger partial charge is 0.378 e. The molecule has 0 saturated carbocycles. The highest BCUT2D eigenvalue weighted by atomic mass is 19.1. The summed E-state index contributed by atoms with van der Waals surface area (Å²) in [4.78, 5) is 0. The second-order valence-corrected chi connectivity index (χ2v) is 4.91. The molecule has 3 heteroatoms. The van der Waals surface area contributed by atoms with Crippen molar-refractivity contribution in [1.82, 2.24) is 0 Å². The van der Waals surface area contributed by atoms with Gasteiger partial charge in [-0.05, 0) is 62.2 Å². The quantitative estimate of drug-likeness (QED) is 0.840. The lowest BCUT2D eigenvalue weighted by Gasteiger charge is -2.17. The first kappa shape index (κ1) is 13.5. The van der Waals surface area contributed by atoms with Gasteiger partial charge in [-0.15, -0.1) is 0 Å². The summed E-state index contributed by atoms with van der Waals surface area (Å²) in [5, 5.41) is 3.20. The van der Waals surface area contributed by atoms with Gasteiger partial charge in [-0.1, -0.05) is 6.07 Å². The number of anilines is 1. The molecule has 0 heterocycles. The van der Waals surface area contributed by atoms with Gasteiger partial charge in [0.25, 0.3) is 0 Å². The number of benzene rings is 2. The second kappa shape index (κ2) is 5.39. The Labute approximate surface area is 112 Å². The van der Waals surface area contributed by atoms with Crippen LogP contribution in [0.3, 0.4) is 0 Å². The highest BCUT2D eigenvalue weighted by molar-refractivity contribution is 5.50. The van der Waals surface area contributed by atoms with Crippen LogP contribution in [0.4, 0.5) is 14.5 Å². The Morgan fingerprint density at radius 3 is 2.21 bits per heavy atom. The molecule has 2 aromatic carbocycles. The van der Waals surface area contributed by atoms with Crippen molar-refractivity contribution in [3.8, 4) is 0 Å². The molecule has 0 fully saturated rings. The summed E-state index contributed by atoms with van der Waals surface area (Å²) in [6.45, 7) is 5.83. The van der Waals surface area contributed by atoms with E-state index in [1.54, 1.807) is 0 Å². The molecule has 2 rings (SSSR count). The van der Waals surface area contributed by atoms with E-state index in [0.717, 1.165) is 28.9 Å². The van der Waals surface area contributed by atoms with Crippen LogP contribution in [0.2, 0.25) is 0 Å². The van der Waals surface area contributed by atoms with E-state index in [0.29, 0.717) is 5.56 Å². The third-order valence-corrected chi connectivity index (χ3v) is 3.03. The van der Waals surface area contributed by atoms with Crippen LogP contribution >= 0.6 is 0 Å². The van der Waals surface area contributed by atoms with Gasteiger partial charge in [-0.2, -0.15) is 0 Å². The van der Waals surface area contributed by atoms with E-state index in [9.17, 15) is 8.78 Å². The average Bonchev–Trinajstić information content (AvgIpc) is 2.30. The van der Waals surface area contributed by atoms with Crippen molar-refractivity contribution in [2.75, 3.05) is 5.32 Å². The molecule has 0 spiro atoms. The highest BCUT2D eigenvalue weighted by Gasteiger charge is 2.12. The van der Waals surface area contributed by atoms with E-state index in [1.807, 2.05) is 32.9 Å². The summed E-state index contributed by atoms with van der Waals surface area (Å²) in [5.74, 6) is -0.823. The summed E-state index contributed by atoms with van der Waals surface area (Å²) in [6.07, 6.45) is 0. The van der Waals surface area contributed by atoms with Gasteiger partial charge in [0, 0.05) is 11.3 Å². The SMILES string of the molecule is Cc1cc(C)cc(NC(C)c2cc(F)ccc2F)c1. The summed E-state index contributed by atoms with van der Waals surface area (Å²) >= 11 is 0. The molecule has 1 nitrogen and oxygen atoms in total. The zero-order valence-corrected chi connectivity index (χ0v) is 11.3. The normalized spacial score (nSPS) is 12.3. The van der Waals surface area contributed by atoms with Gasteiger partial charge in [-0.25, -0.2) is 8.78 Å². The van der Waals surface area contributed by atoms with E-state index in [2.05, 4.69) is 11.4 Å². The molecular formula is C16H17F2N. The zero-order chi connectivity index (χ0) is 14.0. The number of hydrogen-bond acceptors (Lipinski definition) is 1. The van der Waals surface area contributed by atoms with Gasteiger partial charge < -0.3 is 5.32 Å². The Hall–Kier alpha value is -1.90. The Kier molecular flexibility index (Phi) is 3.84. The summed E-state index contributed by atoms with van der Waals surface area (Å²) in [5.41, 5.74) is 3.51. The predicted molar refractivity (Wildman–Crippen MR) is 74.3 cm³/mol. The third-order valence-electron chi connectivity index (χ3n) is 3.03. The number of nitrogens with one attached hydrogen (secondary N) is 1. The van der Waals surface area contributed by atoms with Crippen LogP contribution in [0.5, 0.6) is 0 Å². The Morgan fingerprint density at radius 2 is 1.58 bits per heavy atom. The van der Waals surface area contributed by atoms with Gasteiger partial charge in [0.15, 0.2) is 0 Å². The monoisotopic (exact) mass is 261 g/mol. The van der Waals surface area contributed by atoms with Crippen LogP contribution in [0.1, 0.15) is 29.7 Å². The maximum atomic E-state index is 13.7. The minimum atomic E-state index is -0.425. The number of aryl methyl sites for hydroxylation is 2. The fraction of sp³-hybridized carbons (Fsp3) is 0.250. The third kappa shape index (κ3) is 3.31. The molecule has 0 radical (unpaired) electrons. The molecule has 1 atom stereocenters. The minimum absolute atomic E-state index is 0.295. The van der Waals surface area contributed by atoms with Gasteiger partial charge in [-0.3, -0.25) is 0 Å². The molecule has 100 valence electrons. The fourth-order valence-corrected chi connectivity index (χ4v) is 2.23. The van der Waals surface area contributed by atoms with Crippen molar-refractivity contribution in [3.63, 3.8) is 0 Å². The zero-order valence-electron chi connectivity index (χ0n) is 11.3. The van der Waals surface area contributed by atoms with Crippen LogP contribution in [0, 0.1) is 25.5 Å². The maximum absolute atomic E-state index is 13.7. The van der Waals surface area contributed by atoms with Gasteiger partial charge in [0.2, 0.25) is 0 Å². The van der Waals surface area contributed by atoms with Gasteiger partial charge >= 0.3 is 0 Å². The number of rotatable bonds is 3. The standard InChI is InChI=1S/C16H17F2N/c1-10-6-11(2)8-14(7-10)19-12(3)15-9-13(17)4-5-16(15)18/h4-9,12,19H,1-3H3. The van der Waals surface area contributed by atoms with E-state index >= 15 is 0 Å². The molecule has 0 aromatic heterocycles. The first-order chi connectivity index (χ1) is 8.95. The summed E-state index contributed by atoms with van der Waals surface area (Å²) < 4.78 is 26.9. The summed E-state index contributed by atoms with van der Waals surface area (Å²) in [7, 11) is 0. The Balaban J connectivity index is 2.25. The smallest absolute Gasteiger partial charge is 0.128 e. The first-order valence-electron chi connectivity index (χ1n) is 6.25. The molecule has 1 unspecified atom stereocenters. The number of hydrogen-bond donors (Lipinski definition) is 1. The van der Waals surface area contributed by atoms with Crippen molar-refractivity contribution in [1.29, 1.82) is 0 Å². The van der Waals surface area contributed by atoms with Crippen LogP contribution in [0.15, 0.2) is 36.4 Å². The van der Waals surface area contributed by atoms with Crippen molar-refractivity contribution in [2.45, 2.75) is 26.8 Å². The van der Waals surface area contributed by atoms with Crippen molar-refractivity contribution in [3.05, 3.63) is 64.7 Å². The van der Waals surface area contributed by atoms with Crippen molar-refractivity contribution >= 4 is 5.69 Å². The van der Waals surface area contributed by atoms with E-state index in [4.69, 9.17) is 0 Å². The van der Waals surface area contributed by atoms with E-state index in [-0.39, 0.29) is 6.04 Å². The minimum Gasteiger partial charge on any atom is -0.378 e. The van der Waals surface area contributed by atoms with E-state index < -0.39 is 11.6 Å². The molecular weight excluding hydrogens is 244 g/mol. The summed E-state index contributed by atoms with van der Waals surface area (Å²) in [6, 6.07) is 9.26. The highest BCUT2D eigenvalue weighted by Crippen LogP contribution is 2.23. The molecule has 0 amide bonds. The van der Waals surface area contributed by atoms with Crippen LogP contribution in [0.25, 0.3) is 0 Å². The fourth-order valence-electron chi connectivity index (χ4n) is 2.23. The topological polar surface area (TPSA) is 12.0 Å². The lowest BCUT2D eigenvalue weighted by Crippen LogP contribution is -2.09. The Bertz CT molecular complexity index is 573. The van der Waals surface area contributed by atoms with Crippen molar-refractivity contribution in [2.24, 2.45) is 0 Å². The van der Waals surface area contributed by atoms with Gasteiger partial charge in [0.05, 0.1) is 6.04 Å². The molecule has 0 aliphatic rings. The first-order valence-corrected chi connectivity index (χ1v) is 6.25. The van der Waals surface area contributed by atoms with Crippen LogP contribution in [-0.2, 0) is 0 Å². The lowest BCUT2D eigenvalue weighted by atomic mass is 10.1. The lowest BCUT2D eigenvalue weighted by molar-refractivity contribution is 0.577.